The van der Waals surface area contributed by atoms with E-state index in [0.29, 0.717) is 23.9 Å². The molecule has 0 spiro atoms. The fraction of sp³-hybridized carbons (Fsp3) is 0.318. The Kier molecular flexibility index (Phi) is 6.61. The van der Waals surface area contributed by atoms with Crippen molar-refractivity contribution in [3.63, 3.8) is 0 Å². The van der Waals surface area contributed by atoms with E-state index >= 15 is 0 Å². The highest BCUT2D eigenvalue weighted by molar-refractivity contribution is 7.98. The zero-order valence-electron chi connectivity index (χ0n) is 17.2. The SMILES string of the molecule is CSCC[C@H](NC(=O)CCCn1nnc2ccccc2c1=O)c1nc2ccccc2[nH]1. The Hall–Kier alpha value is -3.20. The summed E-state index contributed by atoms with van der Waals surface area (Å²) in [6.45, 7) is 0.338. The minimum Gasteiger partial charge on any atom is -0.346 e. The first kappa shape index (κ1) is 21.0. The number of para-hydroxylation sites is 2. The fourth-order valence-corrected chi connectivity index (χ4v) is 3.95. The lowest BCUT2D eigenvalue weighted by atomic mass is 10.2. The predicted molar refractivity (Wildman–Crippen MR) is 123 cm³/mol. The van der Waals surface area contributed by atoms with Gasteiger partial charge < -0.3 is 10.3 Å². The van der Waals surface area contributed by atoms with Gasteiger partial charge in [0.15, 0.2) is 0 Å². The first-order chi connectivity index (χ1) is 15.2. The number of nitrogens with one attached hydrogen (secondary N) is 2. The number of thioether (sulfide) groups is 1. The monoisotopic (exact) mass is 436 g/mol. The Labute approximate surface area is 183 Å². The van der Waals surface area contributed by atoms with Crippen molar-refractivity contribution < 1.29 is 4.79 Å². The summed E-state index contributed by atoms with van der Waals surface area (Å²) in [5.74, 6) is 1.60. The van der Waals surface area contributed by atoms with E-state index in [2.05, 4.69) is 25.6 Å². The smallest absolute Gasteiger partial charge is 0.277 e. The van der Waals surface area contributed by atoms with E-state index in [-0.39, 0.29) is 23.9 Å². The number of benzene rings is 2. The second-order valence-electron chi connectivity index (χ2n) is 7.28. The number of aromatic amines is 1. The Balaban J connectivity index is 1.39. The van der Waals surface area contributed by atoms with Gasteiger partial charge in [0.1, 0.15) is 11.3 Å². The molecule has 0 saturated carbocycles. The Bertz CT molecular complexity index is 1220. The molecule has 0 bridgehead atoms. The highest BCUT2D eigenvalue weighted by Gasteiger charge is 2.18. The molecule has 0 aliphatic rings. The molecular weight excluding hydrogens is 412 g/mol. The maximum absolute atomic E-state index is 12.6. The number of rotatable bonds is 9. The van der Waals surface area contributed by atoms with Crippen LogP contribution >= 0.6 is 11.8 Å². The Morgan fingerprint density at radius 2 is 1.94 bits per heavy atom. The lowest BCUT2D eigenvalue weighted by Gasteiger charge is -2.16. The molecule has 2 aromatic heterocycles. The maximum Gasteiger partial charge on any atom is 0.277 e. The molecule has 2 heterocycles. The van der Waals surface area contributed by atoms with Crippen molar-refractivity contribution in [2.24, 2.45) is 0 Å². The number of carbonyl (C=O) groups excluding carboxylic acids is 1. The number of imidazole rings is 1. The van der Waals surface area contributed by atoms with Gasteiger partial charge in [-0.1, -0.05) is 29.5 Å². The summed E-state index contributed by atoms with van der Waals surface area (Å²) in [7, 11) is 0. The summed E-state index contributed by atoms with van der Waals surface area (Å²) in [6.07, 6.45) is 3.60. The highest BCUT2D eigenvalue weighted by atomic mass is 32.2. The average molecular weight is 437 g/mol. The predicted octanol–water partition coefficient (Wildman–Crippen LogP) is 3.06. The minimum atomic E-state index is -0.189. The van der Waals surface area contributed by atoms with Gasteiger partial charge in [-0.05, 0) is 49.1 Å². The van der Waals surface area contributed by atoms with Gasteiger partial charge in [-0.15, -0.1) is 5.10 Å². The zero-order chi connectivity index (χ0) is 21.6. The first-order valence-electron chi connectivity index (χ1n) is 10.2. The Morgan fingerprint density at radius 3 is 2.74 bits per heavy atom. The summed E-state index contributed by atoms with van der Waals surface area (Å²) in [4.78, 5) is 33.1. The number of carbonyl (C=O) groups is 1. The van der Waals surface area contributed by atoms with Crippen LogP contribution in [0.1, 0.15) is 31.1 Å². The van der Waals surface area contributed by atoms with E-state index in [4.69, 9.17) is 0 Å². The normalized spacial score (nSPS) is 12.3. The third-order valence-electron chi connectivity index (χ3n) is 5.09. The topological polar surface area (TPSA) is 106 Å². The summed E-state index contributed by atoms with van der Waals surface area (Å²) < 4.78 is 1.32. The Morgan fingerprint density at radius 1 is 1.16 bits per heavy atom. The van der Waals surface area contributed by atoms with Crippen LogP contribution in [-0.2, 0) is 11.3 Å². The number of nitrogens with zero attached hydrogens (tertiary/aromatic N) is 4. The standard InChI is InChI=1S/C22H24N6O2S/c1-31-14-12-19(21-24-17-9-4-5-10-18(17)25-21)23-20(29)11-6-13-28-22(30)15-7-2-3-8-16(15)26-27-28/h2-5,7-10,19H,6,11-14H2,1H3,(H,23,29)(H,24,25)/t19-/m0/s1. The molecule has 0 saturated heterocycles. The van der Waals surface area contributed by atoms with Crippen molar-refractivity contribution in [3.05, 3.63) is 64.7 Å². The highest BCUT2D eigenvalue weighted by Crippen LogP contribution is 2.20. The molecule has 1 amide bonds. The molecule has 0 aliphatic carbocycles. The van der Waals surface area contributed by atoms with Crippen molar-refractivity contribution in [2.75, 3.05) is 12.0 Å². The minimum absolute atomic E-state index is 0.0756. The van der Waals surface area contributed by atoms with E-state index in [1.165, 1.54) is 4.68 Å². The molecule has 0 aliphatic heterocycles. The molecule has 0 radical (unpaired) electrons. The average Bonchev–Trinajstić information content (AvgIpc) is 3.22. The van der Waals surface area contributed by atoms with E-state index < -0.39 is 0 Å². The summed E-state index contributed by atoms with van der Waals surface area (Å²) >= 11 is 1.73. The first-order valence-corrected chi connectivity index (χ1v) is 11.6. The second-order valence-corrected chi connectivity index (χ2v) is 8.26. The van der Waals surface area contributed by atoms with Gasteiger partial charge in [0.2, 0.25) is 5.91 Å². The number of H-pyrrole nitrogens is 1. The van der Waals surface area contributed by atoms with Crippen LogP contribution in [0.15, 0.2) is 53.3 Å². The van der Waals surface area contributed by atoms with Gasteiger partial charge in [0.05, 0.1) is 22.5 Å². The van der Waals surface area contributed by atoms with Gasteiger partial charge in [0.25, 0.3) is 5.56 Å². The number of hydrogen-bond donors (Lipinski definition) is 2. The van der Waals surface area contributed by atoms with Gasteiger partial charge in [-0.25, -0.2) is 9.67 Å². The summed E-state index contributed by atoms with van der Waals surface area (Å²) in [6, 6.07) is 14.8. The molecule has 9 heteroatoms. The van der Waals surface area contributed by atoms with Crippen LogP contribution in [0.2, 0.25) is 0 Å². The van der Waals surface area contributed by atoms with Crippen LogP contribution in [0.4, 0.5) is 0 Å². The molecular formula is C22H24N6O2S. The molecule has 4 rings (SSSR count). The zero-order valence-corrected chi connectivity index (χ0v) is 18.1. The van der Waals surface area contributed by atoms with E-state index in [1.807, 2.05) is 36.6 Å². The molecule has 0 unspecified atom stereocenters. The van der Waals surface area contributed by atoms with Crippen LogP contribution in [0.3, 0.4) is 0 Å². The van der Waals surface area contributed by atoms with Crippen molar-refractivity contribution in [1.29, 1.82) is 0 Å². The van der Waals surface area contributed by atoms with Gasteiger partial charge in [0, 0.05) is 13.0 Å². The summed E-state index contributed by atoms with van der Waals surface area (Å²) in [5.41, 5.74) is 2.22. The fourth-order valence-electron chi connectivity index (χ4n) is 3.48. The molecule has 2 aromatic carbocycles. The van der Waals surface area contributed by atoms with Crippen LogP contribution in [0.5, 0.6) is 0 Å². The quantitative estimate of drug-likeness (QED) is 0.418. The third kappa shape index (κ3) is 4.93. The van der Waals surface area contributed by atoms with Crippen LogP contribution in [0, 0.1) is 0 Å². The molecule has 160 valence electrons. The van der Waals surface area contributed by atoms with E-state index in [0.717, 1.165) is 29.0 Å². The lowest BCUT2D eigenvalue weighted by molar-refractivity contribution is -0.122. The maximum atomic E-state index is 12.6. The van der Waals surface area contributed by atoms with Crippen LogP contribution < -0.4 is 10.9 Å². The van der Waals surface area contributed by atoms with Gasteiger partial charge in [-0.2, -0.15) is 11.8 Å². The number of fused-ring (bicyclic) bond motifs is 2. The van der Waals surface area contributed by atoms with Crippen molar-refractivity contribution in [2.45, 2.75) is 31.8 Å². The van der Waals surface area contributed by atoms with E-state index in [9.17, 15) is 9.59 Å². The molecule has 0 fully saturated rings. The van der Waals surface area contributed by atoms with Crippen molar-refractivity contribution in [1.82, 2.24) is 30.3 Å². The van der Waals surface area contributed by atoms with E-state index in [1.54, 1.807) is 30.0 Å². The van der Waals surface area contributed by atoms with Crippen molar-refractivity contribution >= 4 is 39.6 Å². The molecule has 8 nitrogen and oxygen atoms in total. The van der Waals surface area contributed by atoms with Crippen LogP contribution in [0.25, 0.3) is 21.9 Å². The van der Waals surface area contributed by atoms with Crippen LogP contribution in [-0.4, -0.2) is 42.9 Å². The van der Waals surface area contributed by atoms with Gasteiger partial charge in [-0.3, -0.25) is 9.59 Å². The number of aryl methyl sites for hydroxylation is 1. The lowest BCUT2D eigenvalue weighted by Crippen LogP contribution is -2.30. The molecule has 2 N–H and O–H groups in total. The van der Waals surface area contributed by atoms with Crippen molar-refractivity contribution in [3.8, 4) is 0 Å². The summed E-state index contributed by atoms with van der Waals surface area (Å²) in [5, 5.41) is 11.7. The molecule has 31 heavy (non-hydrogen) atoms. The number of hydrogen-bond acceptors (Lipinski definition) is 6. The molecule has 1 atom stereocenters. The molecule has 4 aromatic rings. The number of aromatic nitrogens is 5. The second kappa shape index (κ2) is 9.74. The third-order valence-corrected chi connectivity index (χ3v) is 5.73. The number of amides is 1. The largest absolute Gasteiger partial charge is 0.346 e. The van der Waals surface area contributed by atoms with Gasteiger partial charge >= 0.3 is 0 Å².